The summed E-state index contributed by atoms with van der Waals surface area (Å²) in [6.45, 7) is -0.526. The van der Waals surface area contributed by atoms with Crippen LogP contribution in [0, 0.1) is 0 Å². The molecule has 1 aromatic rings. The topological polar surface area (TPSA) is 86.7 Å². The number of anilines is 1. The molecular formula is C9H12ClNO3. The zero-order valence-electron chi connectivity index (χ0n) is 7.39. The summed E-state index contributed by atoms with van der Waals surface area (Å²) in [5, 5.41) is 27.6. The van der Waals surface area contributed by atoms with Crippen LogP contribution in [0.25, 0.3) is 0 Å². The summed E-state index contributed by atoms with van der Waals surface area (Å²) in [6, 6.07) is 4.56. The van der Waals surface area contributed by atoms with Crippen LogP contribution in [-0.4, -0.2) is 28.0 Å². The van der Waals surface area contributed by atoms with Gasteiger partial charge in [0.25, 0.3) is 0 Å². The first-order valence-electron chi connectivity index (χ1n) is 4.08. The summed E-state index contributed by atoms with van der Waals surface area (Å²) >= 11 is 5.79. The fourth-order valence-corrected chi connectivity index (χ4v) is 1.39. The van der Waals surface area contributed by atoms with E-state index in [1.165, 1.54) is 12.1 Å². The predicted molar refractivity (Wildman–Crippen MR) is 53.9 cm³/mol. The summed E-state index contributed by atoms with van der Waals surface area (Å²) in [5.74, 6) is 0. The zero-order valence-corrected chi connectivity index (χ0v) is 8.15. The molecule has 78 valence electrons. The Morgan fingerprint density at radius 1 is 1.36 bits per heavy atom. The van der Waals surface area contributed by atoms with Gasteiger partial charge in [0, 0.05) is 16.3 Å². The van der Waals surface area contributed by atoms with Crippen molar-refractivity contribution in [1.29, 1.82) is 0 Å². The Kier molecular flexibility index (Phi) is 3.71. The van der Waals surface area contributed by atoms with Crippen LogP contribution in [0.1, 0.15) is 11.7 Å². The Balaban J connectivity index is 2.95. The number of aliphatic hydroxyl groups excluding tert-OH is 3. The van der Waals surface area contributed by atoms with E-state index in [1.54, 1.807) is 6.07 Å². The van der Waals surface area contributed by atoms with Crippen molar-refractivity contribution >= 4 is 17.3 Å². The smallest absolute Gasteiger partial charge is 0.109 e. The van der Waals surface area contributed by atoms with Crippen molar-refractivity contribution in [2.75, 3.05) is 12.3 Å². The molecule has 4 nitrogen and oxygen atoms in total. The van der Waals surface area contributed by atoms with E-state index in [1.807, 2.05) is 0 Å². The van der Waals surface area contributed by atoms with Crippen molar-refractivity contribution in [1.82, 2.24) is 0 Å². The van der Waals surface area contributed by atoms with E-state index in [2.05, 4.69) is 0 Å². The van der Waals surface area contributed by atoms with Gasteiger partial charge in [0.15, 0.2) is 0 Å². The minimum Gasteiger partial charge on any atom is -0.399 e. The van der Waals surface area contributed by atoms with Gasteiger partial charge in [0.05, 0.1) is 6.61 Å². The molecule has 1 rings (SSSR count). The molecule has 2 unspecified atom stereocenters. The van der Waals surface area contributed by atoms with Crippen molar-refractivity contribution in [2.45, 2.75) is 12.2 Å². The van der Waals surface area contributed by atoms with Crippen LogP contribution in [0.2, 0.25) is 5.02 Å². The fourth-order valence-electron chi connectivity index (χ4n) is 1.09. The number of halogens is 1. The maximum Gasteiger partial charge on any atom is 0.109 e. The second-order valence-electron chi connectivity index (χ2n) is 2.98. The maximum absolute atomic E-state index is 9.53. The van der Waals surface area contributed by atoms with Crippen LogP contribution in [0.4, 0.5) is 5.69 Å². The molecule has 0 fully saturated rings. The molecular weight excluding hydrogens is 206 g/mol. The van der Waals surface area contributed by atoms with E-state index < -0.39 is 18.8 Å². The summed E-state index contributed by atoms with van der Waals surface area (Å²) < 4.78 is 0. The molecule has 0 saturated carbocycles. The first-order valence-corrected chi connectivity index (χ1v) is 4.46. The highest BCUT2D eigenvalue weighted by Crippen LogP contribution is 2.26. The second-order valence-corrected chi connectivity index (χ2v) is 3.38. The molecule has 0 heterocycles. The minimum atomic E-state index is -1.24. The third-order valence-electron chi connectivity index (χ3n) is 1.89. The van der Waals surface area contributed by atoms with E-state index in [0.717, 1.165) is 0 Å². The molecule has 5 heteroatoms. The number of hydrogen-bond donors (Lipinski definition) is 4. The van der Waals surface area contributed by atoms with E-state index >= 15 is 0 Å². The molecule has 0 amide bonds. The number of aliphatic hydroxyl groups is 3. The first-order chi connectivity index (χ1) is 6.56. The second kappa shape index (κ2) is 4.61. The highest BCUT2D eigenvalue weighted by molar-refractivity contribution is 6.31. The number of rotatable bonds is 3. The minimum absolute atomic E-state index is 0.269. The lowest BCUT2D eigenvalue weighted by molar-refractivity contribution is -0.0152. The van der Waals surface area contributed by atoms with Gasteiger partial charge in [-0.2, -0.15) is 0 Å². The van der Waals surface area contributed by atoms with Gasteiger partial charge >= 0.3 is 0 Å². The molecule has 0 aromatic heterocycles. The van der Waals surface area contributed by atoms with Crippen molar-refractivity contribution in [3.8, 4) is 0 Å². The molecule has 0 aliphatic rings. The predicted octanol–water partition coefficient (Wildman–Crippen LogP) is 0.309. The van der Waals surface area contributed by atoms with Gasteiger partial charge in [-0.15, -0.1) is 0 Å². The monoisotopic (exact) mass is 217 g/mol. The van der Waals surface area contributed by atoms with Gasteiger partial charge in [0.1, 0.15) is 12.2 Å². The third kappa shape index (κ3) is 2.36. The number of nitrogens with two attached hydrogens (primary N) is 1. The van der Waals surface area contributed by atoms with Crippen molar-refractivity contribution in [3.05, 3.63) is 28.8 Å². The van der Waals surface area contributed by atoms with E-state index in [0.29, 0.717) is 11.3 Å². The number of benzene rings is 1. The number of nitrogen functional groups attached to an aromatic ring is 1. The largest absolute Gasteiger partial charge is 0.399 e. The molecule has 0 saturated heterocycles. The molecule has 2 atom stereocenters. The molecule has 1 aromatic carbocycles. The summed E-state index contributed by atoms with van der Waals surface area (Å²) in [5.41, 5.74) is 6.28. The van der Waals surface area contributed by atoms with Crippen molar-refractivity contribution < 1.29 is 15.3 Å². The third-order valence-corrected chi connectivity index (χ3v) is 2.22. The molecule has 5 N–H and O–H groups in total. The Morgan fingerprint density at radius 2 is 2.00 bits per heavy atom. The lowest BCUT2D eigenvalue weighted by Crippen LogP contribution is -2.22. The Bertz CT molecular complexity index is 319. The van der Waals surface area contributed by atoms with Gasteiger partial charge in [-0.05, 0) is 12.1 Å². The molecule has 0 bridgehead atoms. The Labute approximate surface area is 86.6 Å². The normalized spacial score (nSPS) is 15.1. The SMILES string of the molecule is Nc1ccc(C(O)C(O)CO)c(Cl)c1. The van der Waals surface area contributed by atoms with Gasteiger partial charge < -0.3 is 21.1 Å². The molecule has 0 aliphatic carbocycles. The van der Waals surface area contributed by atoms with Crippen LogP contribution in [0.3, 0.4) is 0 Å². The van der Waals surface area contributed by atoms with Gasteiger partial charge in [-0.25, -0.2) is 0 Å². The molecule has 0 spiro atoms. The summed E-state index contributed by atoms with van der Waals surface area (Å²) in [7, 11) is 0. The summed E-state index contributed by atoms with van der Waals surface area (Å²) in [4.78, 5) is 0. The highest BCUT2D eigenvalue weighted by Gasteiger charge is 2.19. The van der Waals surface area contributed by atoms with Gasteiger partial charge in [-0.1, -0.05) is 17.7 Å². The quantitative estimate of drug-likeness (QED) is 0.549. The van der Waals surface area contributed by atoms with E-state index in [9.17, 15) is 10.2 Å². The Morgan fingerprint density at radius 3 is 2.50 bits per heavy atom. The van der Waals surface area contributed by atoms with E-state index in [-0.39, 0.29) is 5.02 Å². The van der Waals surface area contributed by atoms with Crippen LogP contribution < -0.4 is 5.73 Å². The van der Waals surface area contributed by atoms with Crippen molar-refractivity contribution in [2.24, 2.45) is 0 Å². The lowest BCUT2D eigenvalue weighted by atomic mass is 10.0. The van der Waals surface area contributed by atoms with Crippen LogP contribution in [-0.2, 0) is 0 Å². The summed E-state index contributed by atoms with van der Waals surface area (Å²) in [6.07, 6.45) is -2.44. The molecule has 14 heavy (non-hydrogen) atoms. The molecule has 0 radical (unpaired) electrons. The van der Waals surface area contributed by atoms with E-state index in [4.69, 9.17) is 22.4 Å². The van der Waals surface area contributed by atoms with Crippen LogP contribution in [0.15, 0.2) is 18.2 Å². The standard InChI is InChI=1S/C9H12ClNO3/c10-7-3-5(11)1-2-6(7)9(14)8(13)4-12/h1-3,8-9,12-14H,4,11H2. The fraction of sp³-hybridized carbons (Fsp3) is 0.333. The van der Waals surface area contributed by atoms with Gasteiger partial charge in [0.2, 0.25) is 0 Å². The highest BCUT2D eigenvalue weighted by atomic mass is 35.5. The lowest BCUT2D eigenvalue weighted by Gasteiger charge is -2.17. The number of hydrogen-bond acceptors (Lipinski definition) is 4. The molecule has 0 aliphatic heterocycles. The maximum atomic E-state index is 9.53. The first kappa shape index (κ1) is 11.3. The van der Waals surface area contributed by atoms with Gasteiger partial charge in [-0.3, -0.25) is 0 Å². The Hall–Kier alpha value is -0.810. The average Bonchev–Trinajstić information content (AvgIpc) is 2.15. The average molecular weight is 218 g/mol. The zero-order chi connectivity index (χ0) is 10.7. The van der Waals surface area contributed by atoms with Crippen molar-refractivity contribution in [3.63, 3.8) is 0 Å². The van der Waals surface area contributed by atoms with Crippen LogP contribution in [0.5, 0.6) is 0 Å². The van der Waals surface area contributed by atoms with Crippen LogP contribution >= 0.6 is 11.6 Å².